The highest BCUT2D eigenvalue weighted by Gasteiger charge is 1.97. The maximum Gasteiger partial charge on any atom is 0.303 e. The monoisotopic (exact) mass is 392 g/mol. The fourth-order valence-corrected chi connectivity index (χ4v) is 3.62. The Morgan fingerprint density at radius 3 is 1.36 bits per heavy atom. The molecule has 0 aromatic heterocycles. The summed E-state index contributed by atoms with van der Waals surface area (Å²) in [4.78, 5) is 10.4. The smallest absolute Gasteiger partial charge is 0.303 e. The van der Waals surface area contributed by atoms with Crippen molar-refractivity contribution in [2.24, 2.45) is 0 Å². The minimum Gasteiger partial charge on any atom is -0.481 e. The van der Waals surface area contributed by atoms with Crippen LogP contribution in [-0.4, -0.2) is 11.1 Å². The summed E-state index contributed by atoms with van der Waals surface area (Å²) in [6, 6.07) is 0. The van der Waals surface area contributed by atoms with E-state index < -0.39 is 5.97 Å². The first-order chi connectivity index (χ1) is 13.8. The Hall–Kier alpha value is -1.05. The van der Waals surface area contributed by atoms with Crippen molar-refractivity contribution < 1.29 is 9.90 Å². The van der Waals surface area contributed by atoms with E-state index in [0.29, 0.717) is 6.42 Å². The number of unbranched alkanes of at least 4 members (excludes halogenated alkanes) is 17. The predicted molar refractivity (Wildman–Crippen MR) is 124 cm³/mol. The van der Waals surface area contributed by atoms with E-state index in [2.05, 4.69) is 31.2 Å². The molecular formula is C26H48O2. The van der Waals surface area contributed by atoms with Gasteiger partial charge in [0.1, 0.15) is 0 Å². The van der Waals surface area contributed by atoms with Gasteiger partial charge in [0, 0.05) is 6.42 Å². The van der Waals surface area contributed by atoms with Gasteiger partial charge >= 0.3 is 5.97 Å². The molecule has 0 aliphatic carbocycles. The van der Waals surface area contributed by atoms with Crippen molar-refractivity contribution in [2.45, 2.75) is 135 Å². The number of hydrogen-bond donors (Lipinski definition) is 1. The molecule has 0 aliphatic heterocycles. The third-order valence-electron chi connectivity index (χ3n) is 5.44. The highest BCUT2D eigenvalue weighted by atomic mass is 16.4. The summed E-state index contributed by atoms with van der Waals surface area (Å²) in [5, 5.41) is 8.58. The molecule has 2 heteroatoms. The van der Waals surface area contributed by atoms with Crippen LogP contribution >= 0.6 is 0 Å². The van der Waals surface area contributed by atoms with Gasteiger partial charge in [0.25, 0.3) is 0 Å². The molecule has 0 saturated carbocycles. The second-order valence-corrected chi connectivity index (χ2v) is 8.22. The molecule has 0 radical (unpaired) electrons. The first-order valence-corrected chi connectivity index (χ1v) is 12.3. The Morgan fingerprint density at radius 2 is 0.964 bits per heavy atom. The zero-order valence-electron chi connectivity index (χ0n) is 18.8. The van der Waals surface area contributed by atoms with Crippen LogP contribution in [0.25, 0.3) is 0 Å². The lowest BCUT2D eigenvalue weighted by Crippen LogP contribution is -1.93. The molecule has 2 nitrogen and oxygen atoms in total. The molecule has 0 aromatic rings. The normalized spacial score (nSPS) is 11.8. The zero-order valence-corrected chi connectivity index (χ0v) is 18.8. The molecule has 0 rings (SSSR count). The minimum absolute atomic E-state index is 0.342. The van der Waals surface area contributed by atoms with Crippen LogP contribution in [0.2, 0.25) is 0 Å². The van der Waals surface area contributed by atoms with Gasteiger partial charge in [-0.3, -0.25) is 4.79 Å². The summed E-state index contributed by atoms with van der Waals surface area (Å²) in [5.41, 5.74) is 0. The third kappa shape index (κ3) is 24.9. The van der Waals surface area contributed by atoms with Crippen LogP contribution in [0.5, 0.6) is 0 Å². The number of hydrogen-bond acceptors (Lipinski definition) is 1. The van der Waals surface area contributed by atoms with E-state index in [1.54, 1.807) is 0 Å². The molecule has 0 fully saturated rings. The highest BCUT2D eigenvalue weighted by molar-refractivity contribution is 5.66. The van der Waals surface area contributed by atoms with Crippen LogP contribution in [0.3, 0.4) is 0 Å². The summed E-state index contributed by atoms with van der Waals surface area (Å²) in [6.45, 7) is 2.08. The third-order valence-corrected chi connectivity index (χ3v) is 5.44. The van der Waals surface area contributed by atoms with E-state index in [1.807, 2.05) is 0 Å². The number of aliphatic carboxylic acids is 1. The Bertz CT molecular complexity index is 371. The van der Waals surface area contributed by atoms with Crippen molar-refractivity contribution in [2.75, 3.05) is 0 Å². The van der Waals surface area contributed by atoms with Crippen LogP contribution in [-0.2, 0) is 4.79 Å². The molecule has 0 aromatic carbocycles. The van der Waals surface area contributed by atoms with Crippen molar-refractivity contribution in [3.63, 3.8) is 0 Å². The van der Waals surface area contributed by atoms with Gasteiger partial charge in [-0.2, -0.15) is 0 Å². The van der Waals surface area contributed by atoms with Gasteiger partial charge in [0.05, 0.1) is 0 Å². The lowest BCUT2D eigenvalue weighted by molar-refractivity contribution is -0.137. The largest absolute Gasteiger partial charge is 0.481 e. The first-order valence-electron chi connectivity index (χ1n) is 12.3. The number of carbonyl (C=O) groups is 1. The fourth-order valence-electron chi connectivity index (χ4n) is 3.62. The molecule has 0 aliphatic rings. The van der Waals surface area contributed by atoms with Gasteiger partial charge in [-0.25, -0.2) is 0 Å². The zero-order chi connectivity index (χ0) is 20.5. The van der Waals surface area contributed by atoms with Crippen molar-refractivity contribution >= 4 is 5.97 Å². The van der Waals surface area contributed by atoms with Gasteiger partial charge < -0.3 is 5.11 Å². The van der Waals surface area contributed by atoms with Crippen LogP contribution in [0.15, 0.2) is 24.3 Å². The molecule has 0 heterocycles. The maximum absolute atomic E-state index is 10.4. The van der Waals surface area contributed by atoms with E-state index in [0.717, 1.165) is 19.3 Å². The average molecular weight is 393 g/mol. The van der Waals surface area contributed by atoms with Gasteiger partial charge in [-0.15, -0.1) is 0 Å². The molecule has 0 amide bonds. The van der Waals surface area contributed by atoms with Crippen LogP contribution < -0.4 is 0 Å². The Balaban J connectivity index is 3.05. The average Bonchev–Trinajstić information content (AvgIpc) is 2.68. The molecule has 1 N–H and O–H groups in total. The van der Waals surface area contributed by atoms with E-state index in [-0.39, 0.29) is 0 Å². The fraction of sp³-hybridized carbons (Fsp3) is 0.808. The lowest BCUT2D eigenvalue weighted by atomic mass is 10.0. The molecule has 0 spiro atoms. The van der Waals surface area contributed by atoms with Gasteiger partial charge in [-0.1, -0.05) is 121 Å². The molecule has 28 heavy (non-hydrogen) atoms. The summed E-state index contributed by atoms with van der Waals surface area (Å²) in [6.07, 6.45) is 34.2. The van der Waals surface area contributed by atoms with Crippen LogP contribution in [0.4, 0.5) is 0 Å². The second-order valence-electron chi connectivity index (χ2n) is 8.22. The molecule has 0 saturated heterocycles. The molecule has 0 unspecified atom stereocenters. The molecule has 0 bridgehead atoms. The summed E-state index contributed by atoms with van der Waals surface area (Å²) >= 11 is 0. The Kier molecular flexibility index (Phi) is 23.1. The molecule has 0 atom stereocenters. The van der Waals surface area contributed by atoms with Gasteiger partial charge in [0.15, 0.2) is 0 Å². The highest BCUT2D eigenvalue weighted by Crippen LogP contribution is 2.14. The quantitative estimate of drug-likeness (QED) is 0.147. The number of carboxylic acid groups (broad SMARTS) is 1. The number of rotatable bonds is 22. The first kappa shape index (κ1) is 27.0. The number of allylic oxidation sites excluding steroid dienone is 4. The predicted octanol–water partition coefficient (Wildman–Crippen LogP) is 9.01. The van der Waals surface area contributed by atoms with Crippen molar-refractivity contribution in [1.29, 1.82) is 0 Å². The lowest BCUT2D eigenvalue weighted by Gasteiger charge is -2.03. The Morgan fingerprint density at radius 1 is 0.571 bits per heavy atom. The van der Waals surface area contributed by atoms with Crippen LogP contribution in [0, 0.1) is 0 Å². The summed E-state index contributed by atoms with van der Waals surface area (Å²) in [7, 11) is 0. The summed E-state index contributed by atoms with van der Waals surface area (Å²) in [5.74, 6) is -0.653. The SMILES string of the molecule is CC=CCC=CCCCCCCCCCCCCCCCCCCCC(=O)O. The van der Waals surface area contributed by atoms with Gasteiger partial charge in [-0.05, 0) is 32.6 Å². The molecule has 164 valence electrons. The van der Waals surface area contributed by atoms with Crippen LogP contribution in [0.1, 0.15) is 135 Å². The van der Waals surface area contributed by atoms with Crippen molar-refractivity contribution in [3.05, 3.63) is 24.3 Å². The topological polar surface area (TPSA) is 37.3 Å². The standard InChI is InChI=1S/C26H48O2/c1-2-3-4-5-6-7-8-9-10-11-12-13-14-15-16-17-18-19-20-21-22-23-24-25-26(27)28/h2-3,5-6H,4,7-25H2,1H3,(H,27,28). The van der Waals surface area contributed by atoms with Crippen molar-refractivity contribution in [3.8, 4) is 0 Å². The minimum atomic E-state index is -0.653. The van der Waals surface area contributed by atoms with Gasteiger partial charge in [0.2, 0.25) is 0 Å². The van der Waals surface area contributed by atoms with E-state index >= 15 is 0 Å². The Labute approximate surface area is 175 Å². The molecular weight excluding hydrogens is 344 g/mol. The maximum atomic E-state index is 10.4. The van der Waals surface area contributed by atoms with Crippen molar-refractivity contribution in [1.82, 2.24) is 0 Å². The van der Waals surface area contributed by atoms with E-state index in [4.69, 9.17) is 5.11 Å². The number of carboxylic acids is 1. The second kappa shape index (κ2) is 24.0. The van der Waals surface area contributed by atoms with E-state index in [9.17, 15) is 4.79 Å². The van der Waals surface area contributed by atoms with E-state index in [1.165, 1.54) is 103 Å². The summed E-state index contributed by atoms with van der Waals surface area (Å²) < 4.78 is 0.